The second-order valence-corrected chi connectivity index (χ2v) is 10.0. The molecule has 11 heteroatoms. The number of rotatable bonds is 8. The fourth-order valence-corrected chi connectivity index (χ4v) is 5.75. The molecule has 2 N–H and O–H groups in total. The van der Waals surface area contributed by atoms with Gasteiger partial charge in [0.1, 0.15) is 11.5 Å². The number of carbonyl (C=O) groups excluding carboxylic acids is 1. The van der Waals surface area contributed by atoms with Crippen LogP contribution in [-0.2, 0) is 14.6 Å². The van der Waals surface area contributed by atoms with E-state index in [-0.39, 0.29) is 46.5 Å². The van der Waals surface area contributed by atoms with E-state index in [0.717, 1.165) is 0 Å². The minimum Gasteiger partial charge on any atom is -0.507 e. The monoisotopic (exact) mass is 481 g/mol. The van der Waals surface area contributed by atoms with Crippen LogP contribution < -0.4 is 25.2 Å². The fraction of sp³-hybridized carbons (Fsp3) is 0.455. The first kappa shape index (κ1) is 24.4. The van der Waals surface area contributed by atoms with Crippen molar-refractivity contribution >= 4 is 15.7 Å². The van der Waals surface area contributed by atoms with Crippen LogP contribution in [0.4, 0.5) is 0 Å². The normalized spacial score (nSPS) is 17.9. The van der Waals surface area contributed by atoms with E-state index in [1.807, 2.05) is 0 Å². The minimum absolute atomic E-state index is 0.00716. The Labute approximate surface area is 191 Å². The molecule has 10 nitrogen and oxygen atoms in total. The third kappa shape index (κ3) is 5.24. The predicted molar refractivity (Wildman–Crippen MR) is 119 cm³/mol. The lowest BCUT2D eigenvalue weighted by Gasteiger charge is -2.23. The number of benzene rings is 1. The molecule has 1 saturated heterocycles. The molecule has 1 amide bonds. The lowest BCUT2D eigenvalue weighted by Crippen LogP contribution is -2.36. The Morgan fingerprint density at radius 3 is 2.45 bits per heavy atom. The van der Waals surface area contributed by atoms with Gasteiger partial charge < -0.3 is 29.1 Å². The number of methoxy groups -OCH3 is 3. The molecule has 2 unspecified atom stereocenters. The van der Waals surface area contributed by atoms with Gasteiger partial charge in [-0.1, -0.05) is 6.07 Å². The highest BCUT2D eigenvalue weighted by atomic mass is 32.2. The van der Waals surface area contributed by atoms with E-state index in [9.17, 15) is 23.1 Å². The third-order valence-electron chi connectivity index (χ3n) is 5.54. The molecule has 2 heterocycles. The number of hydrogen-bond acceptors (Lipinski definition) is 9. The summed E-state index contributed by atoms with van der Waals surface area (Å²) in [7, 11) is 1.09. The molecule has 1 aromatic heterocycles. The average molecular weight is 482 g/mol. The molecule has 2 atom stereocenters. The van der Waals surface area contributed by atoms with Gasteiger partial charge in [0.05, 0.1) is 38.4 Å². The smallest absolute Gasteiger partial charge is 0.343 e. The van der Waals surface area contributed by atoms with Gasteiger partial charge in [-0.25, -0.2) is 13.2 Å². The first-order valence-corrected chi connectivity index (χ1v) is 12.0. The van der Waals surface area contributed by atoms with Crippen LogP contribution in [0.25, 0.3) is 0 Å². The van der Waals surface area contributed by atoms with Crippen LogP contribution in [0.2, 0.25) is 0 Å². The van der Waals surface area contributed by atoms with Crippen molar-refractivity contribution < 1.29 is 36.9 Å². The summed E-state index contributed by atoms with van der Waals surface area (Å²) in [6.07, 6.45) is 0.0418. The van der Waals surface area contributed by atoms with E-state index in [0.29, 0.717) is 17.7 Å². The van der Waals surface area contributed by atoms with Crippen LogP contribution in [0.15, 0.2) is 27.4 Å². The van der Waals surface area contributed by atoms with Crippen molar-refractivity contribution in [2.75, 3.05) is 32.8 Å². The highest BCUT2D eigenvalue weighted by molar-refractivity contribution is 7.91. The molecule has 33 heavy (non-hydrogen) atoms. The molecule has 1 aliphatic heterocycles. The van der Waals surface area contributed by atoms with E-state index in [1.54, 1.807) is 12.1 Å². The Morgan fingerprint density at radius 2 is 1.91 bits per heavy atom. The second kappa shape index (κ2) is 9.74. The van der Waals surface area contributed by atoms with Gasteiger partial charge >= 0.3 is 5.63 Å². The van der Waals surface area contributed by atoms with Crippen molar-refractivity contribution in [3.8, 4) is 23.0 Å². The molecule has 180 valence electrons. The number of aryl methyl sites for hydroxylation is 1. The molecule has 0 spiro atoms. The summed E-state index contributed by atoms with van der Waals surface area (Å²) in [5.74, 6) is -0.876. The van der Waals surface area contributed by atoms with Crippen molar-refractivity contribution in [1.29, 1.82) is 0 Å². The molecule has 3 rings (SSSR count). The zero-order valence-corrected chi connectivity index (χ0v) is 19.7. The number of amides is 1. The maximum absolute atomic E-state index is 12.9. The Morgan fingerprint density at radius 1 is 1.21 bits per heavy atom. The van der Waals surface area contributed by atoms with Gasteiger partial charge in [0.25, 0.3) is 0 Å². The van der Waals surface area contributed by atoms with Gasteiger partial charge in [0, 0.05) is 30.0 Å². The summed E-state index contributed by atoms with van der Waals surface area (Å²) in [5.41, 5.74) is -0.540. The van der Waals surface area contributed by atoms with Gasteiger partial charge in [-0.3, -0.25) is 4.79 Å². The Kier molecular flexibility index (Phi) is 7.21. The Balaban J connectivity index is 2.08. The number of nitrogens with one attached hydrogen (secondary N) is 1. The lowest BCUT2D eigenvalue weighted by molar-refractivity contribution is -0.121. The van der Waals surface area contributed by atoms with Crippen LogP contribution in [-0.4, -0.2) is 58.3 Å². The van der Waals surface area contributed by atoms with Crippen LogP contribution in [0.5, 0.6) is 23.0 Å². The van der Waals surface area contributed by atoms with Crippen LogP contribution >= 0.6 is 0 Å². The van der Waals surface area contributed by atoms with E-state index in [1.165, 1.54) is 34.3 Å². The van der Waals surface area contributed by atoms with Gasteiger partial charge in [-0.15, -0.1) is 0 Å². The summed E-state index contributed by atoms with van der Waals surface area (Å²) < 4.78 is 44.9. The minimum atomic E-state index is -3.19. The highest BCUT2D eigenvalue weighted by Gasteiger charge is 2.33. The molecule has 0 bridgehead atoms. The molecule has 1 aliphatic rings. The summed E-state index contributed by atoms with van der Waals surface area (Å²) >= 11 is 0. The maximum atomic E-state index is 12.9. The van der Waals surface area contributed by atoms with Crippen molar-refractivity contribution in [1.82, 2.24) is 5.32 Å². The first-order chi connectivity index (χ1) is 15.6. The van der Waals surface area contributed by atoms with Crippen molar-refractivity contribution in [3.63, 3.8) is 0 Å². The largest absolute Gasteiger partial charge is 0.507 e. The SMILES string of the molecule is COc1ccc(C(CC(=O)NC2CCS(=O)(=O)C2)c2c(O)cc(C)oc2=O)c(OC)c1OC. The zero-order chi connectivity index (χ0) is 24.3. The van der Waals surface area contributed by atoms with Crippen molar-refractivity contribution in [2.45, 2.75) is 31.7 Å². The lowest BCUT2D eigenvalue weighted by atomic mass is 9.87. The number of aromatic hydroxyl groups is 1. The summed E-state index contributed by atoms with van der Waals surface area (Å²) in [6.45, 7) is 1.52. The number of ether oxygens (including phenoxy) is 3. The van der Waals surface area contributed by atoms with E-state index >= 15 is 0 Å². The maximum Gasteiger partial charge on any atom is 0.343 e. The van der Waals surface area contributed by atoms with E-state index < -0.39 is 33.3 Å². The van der Waals surface area contributed by atoms with Gasteiger partial charge in [0.2, 0.25) is 11.7 Å². The molecule has 0 saturated carbocycles. The topological polar surface area (TPSA) is 141 Å². The van der Waals surface area contributed by atoms with E-state index in [4.69, 9.17) is 18.6 Å². The van der Waals surface area contributed by atoms with Crippen molar-refractivity contribution in [2.24, 2.45) is 0 Å². The Bertz CT molecular complexity index is 1200. The predicted octanol–water partition coefficient (Wildman–Crippen LogP) is 1.50. The molecule has 1 aromatic carbocycles. The molecule has 0 aliphatic carbocycles. The first-order valence-electron chi connectivity index (χ1n) is 10.2. The van der Waals surface area contributed by atoms with Gasteiger partial charge in [-0.2, -0.15) is 0 Å². The Hall–Kier alpha value is -3.21. The van der Waals surface area contributed by atoms with Crippen LogP contribution in [0, 0.1) is 6.92 Å². The zero-order valence-electron chi connectivity index (χ0n) is 18.8. The average Bonchev–Trinajstić information content (AvgIpc) is 3.08. The standard InChI is InChI=1S/C22H27NO9S/c1-12-9-16(24)19(22(26)32-12)15(10-18(25)23-13-7-8-33(27,28)11-13)14-5-6-17(29-2)21(31-4)20(14)30-3/h5-6,9,13,15,24H,7-8,10-11H2,1-4H3,(H,23,25). The molecule has 0 radical (unpaired) electrons. The summed E-state index contributed by atoms with van der Waals surface area (Å²) in [6, 6.07) is 3.98. The number of sulfone groups is 1. The molecular weight excluding hydrogens is 454 g/mol. The number of carbonyl (C=O) groups is 1. The number of hydrogen-bond donors (Lipinski definition) is 2. The molecule has 2 aromatic rings. The summed E-state index contributed by atoms with van der Waals surface area (Å²) in [4.78, 5) is 25.6. The quantitative estimate of drug-likeness (QED) is 0.574. The third-order valence-corrected chi connectivity index (χ3v) is 7.30. The molecule has 1 fully saturated rings. The second-order valence-electron chi connectivity index (χ2n) is 7.79. The molecular formula is C22H27NO9S. The van der Waals surface area contributed by atoms with Gasteiger partial charge in [0.15, 0.2) is 21.3 Å². The highest BCUT2D eigenvalue weighted by Crippen LogP contribution is 2.45. The fourth-order valence-electron chi connectivity index (χ4n) is 4.07. The van der Waals surface area contributed by atoms with Gasteiger partial charge in [-0.05, 0) is 19.4 Å². The van der Waals surface area contributed by atoms with Crippen LogP contribution in [0.3, 0.4) is 0 Å². The summed E-state index contributed by atoms with van der Waals surface area (Å²) in [5, 5.41) is 13.3. The van der Waals surface area contributed by atoms with Crippen LogP contribution in [0.1, 0.15) is 35.6 Å². The van der Waals surface area contributed by atoms with Crippen molar-refractivity contribution in [3.05, 3.63) is 45.5 Å². The van der Waals surface area contributed by atoms with E-state index in [2.05, 4.69) is 5.32 Å².